The first-order valence-electron chi connectivity index (χ1n) is 8.07. The Kier molecular flexibility index (Phi) is 4.70. The van der Waals surface area contributed by atoms with Crippen LogP contribution in [0.15, 0.2) is 42.5 Å². The Morgan fingerprint density at radius 2 is 2.04 bits per heavy atom. The highest BCUT2D eigenvalue weighted by atomic mass is 19.1. The SMILES string of the molecule is CC(C)C(=O)Nc1ccc2c(c1)N(Cc1ccccc1F)C(=O)CO2. The molecule has 6 heteroatoms. The second-order valence-corrected chi connectivity index (χ2v) is 6.19. The van der Waals surface area contributed by atoms with Crippen molar-refractivity contribution >= 4 is 23.2 Å². The third-order valence-electron chi connectivity index (χ3n) is 3.98. The van der Waals surface area contributed by atoms with Crippen LogP contribution in [0.3, 0.4) is 0 Å². The van der Waals surface area contributed by atoms with Crippen molar-refractivity contribution < 1.29 is 18.7 Å². The van der Waals surface area contributed by atoms with Crippen molar-refractivity contribution in [1.82, 2.24) is 0 Å². The Labute approximate surface area is 145 Å². The van der Waals surface area contributed by atoms with E-state index in [4.69, 9.17) is 4.74 Å². The first-order valence-corrected chi connectivity index (χ1v) is 8.07. The van der Waals surface area contributed by atoms with Crippen molar-refractivity contribution in [3.63, 3.8) is 0 Å². The van der Waals surface area contributed by atoms with E-state index >= 15 is 0 Å². The van der Waals surface area contributed by atoms with Crippen molar-refractivity contribution in [1.29, 1.82) is 0 Å². The van der Waals surface area contributed by atoms with E-state index in [1.807, 2.05) is 0 Å². The molecule has 25 heavy (non-hydrogen) atoms. The van der Waals surface area contributed by atoms with Crippen LogP contribution in [0.25, 0.3) is 0 Å². The number of benzene rings is 2. The Morgan fingerprint density at radius 1 is 1.28 bits per heavy atom. The predicted octanol–water partition coefficient (Wildman–Crippen LogP) is 3.35. The smallest absolute Gasteiger partial charge is 0.265 e. The summed E-state index contributed by atoms with van der Waals surface area (Å²) in [5, 5.41) is 2.80. The van der Waals surface area contributed by atoms with E-state index in [2.05, 4.69) is 5.32 Å². The summed E-state index contributed by atoms with van der Waals surface area (Å²) >= 11 is 0. The van der Waals surface area contributed by atoms with Crippen molar-refractivity contribution in [2.75, 3.05) is 16.8 Å². The summed E-state index contributed by atoms with van der Waals surface area (Å²) < 4.78 is 19.4. The molecule has 0 radical (unpaired) electrons. The molecule has 5 nitrogen and oxygen atoms in total. The van der Waals surface area contributed by atoms with Gasteiger partial charge in [-0.2, -0.15) is 0 Å². The standard InChI is InChI=1S/C19H19FN2O3/c1-12(2)19(24)21-14-7-8-17-16(9-14)22(18(23)11-25-17)10-13-5-3-4-6-15(13)20/h3-9,12H,10-11H2,1-2H3,(H,21,24). The highest BCUT2D eigenvalue weighted by Crippen LogP contribution is 2.35. The zero-order valence-corrected chi connectivity index (χ0v) is 14.1. The van der Waals surface area contributed by atoms with E-state index in [1.54, 1.807) is 50.2 Å². The fourth-order valence-corrected chi connectivity index (χ4v) is 2.54. The summed E-state index contributed by atoms with van der Waals surface area (Å²) in [6.07, 6.45) is 0. The summed E-state index contributed by atoms with van der Waals surface area (Å²) in [7, 11) is 0. The number of carbonyl (C=O) groups excluding carboxylic acids is 2. The molecule has 1 N–H and O–H groups in total. The number of rotatable bonds is 4. The Balaban J connectivity index is 1.92. The molecule has 2 aromatic rings. The summed E-state index contributed by atoms with van der Waals surface area (Å²) in [4.78, 5) is 25.7. The van der Waals surface area contributed by atoms with Crippen LogP contribution in [-0.4, -0.2) is 18.4 Å². The van der Waals surface area contributed by atoms with Gasteiger partial charge in [-0.1, -0.05) is 32.0 Å². The molecule has 0 bridgehead atoms. The molecule has 0 unspecified atom stereocenters. The molecule has 1 aliphatic heterocycles. The number of amides is 2. The number of hydrogen-bond acceptors (Lipinski definition) is 3. The topological polar surface area (TPSA) is 58.6 Å². The molecular weight excluding hydrogens is 323 g/mol. The first-order chi connectivity index (χ1) is 12.0. The van der Waals surface area contributed by atoms with Gasteiger partial charge in [-0.05, 0) is 24.3 Å². The Morgan fingerprint density at radius 3 is 2.76 bits per heavy atom. The van der Waals surface area contributed by atoms with Gasteiger partial charge in [0.05, 0.1) is 12.2 Å². The highest BCUT2D eigenvalue weighted by molar-refractivity contribution is 5.99. The number of halogens is 1. The van der Waals surface area contributed by atoms with Crippen molar-refractivity contribution in [2.45, 2.75) is 20.4 Å². The number of nitrogens with one attached hydrogen (secondary N) is 1. The second kappa shape index (κ2) is 6.93. The zero-order valence-electron chi connectivity index (χ0n) is 14.1. The molecule has 0 fully saturated rings. The Bertz CT molecular complexity index is 820. The minimum Gasteiger partial charge on any atom is -0.482 e. The minimum atomic E-state index is -0.368. The number of nitrogens with zero attached hydrogens (tertiary/aromatic N) is 1. The molecule has 1 heterocycles. The van der Waals surface area contributed by atoms with Gasteiger partial charge in [-0.25, -0.2) is 4.39 Å². The van der Waals surface area contributed by atoms with Crippen molar-refractivity contribution in [3.05, 3.63) is 53.8 Å². The van der Waals surface area contributed by atoms with Crippen LogP contribution in [0.4, 0.5) is 15.8 Å². The van der Waals surface area contributed by atoms with Gasteiger partial charge >= 0.3 is 0 Å². The monoisotopic (exact) mass is 342 g/mol. The fraction of sp³-hybridized carbons (Fsp3) is 0.263. The van der Waals surface area contributed by atoms with Gasteiger partial charge in [0.1, 0.15) is 11.6 Å². The van der Waals surface area contributed by atoms with E-state index < -0.39 is 0 Å². The van der Waals surface area contributed by atoms with E-state index in [9.17, 15) is 14.0 Å². The molecule has 0 aromatic heterocycles. The number of ether oxygens (including phenoxy) is 1. The maximum atomic E-state index is 14.0. The van der Waals surface area contributed by atoms with Crippen LogP contribution in [0.5, 0.6) is 5.75 Å². The van der Waals surface area contributed by atoms with Gasteiger partial charge in [-0.3, -0.25) is 9.59 Å². The molecular formula is C19H19FN2O3. The third kappa shape index (κ3) is 3.63. The molecule has 0 spiro atoms. The lowest BCUT2D eigenvalue weighted by Crippen LogP contribution is -2.38. The van der Waals surface area contributed by atoms with Crippen molar-refractivity contribution in [3.8, 4) is 5.75 Å². The van der Waals surface area contributed by atoms with E-state index in [0.717, 1.165) is 0 Å². The maximum absolute atomic E-state index is 14.0. The average molecular weight is 342 g/mol. The first kappa shape index (κ1) is 17.0. The number of hydrogen-bond donors (Lipinski definition) is 1. The average Bonchev–Trinajstić information content (AvgIpc) is 2.59. The van der Waals surface area contributed by atoms with Gasteiger partial charge in [0, 0.05) is 17.2 Å². The molecule has 3 rings (SSSR count). The van der Waals surface area contributed by atoms with Crippen LogP contribution < -0.4 is 15.0 Å². The molecule has 0 saturated heterocycles. The van der Waals surface area contributed by atoms with E-state index in [-0.39, 0.29) is 36.7 Å². The molecule has 0 saturated carbocycles. The van der Waals surface area contributed by atoms with Crippen molar-refractivity contribution in [2.24, 2.45) is 5.92 Å². The van der Waals surface area contributed by atoms with Crippen LogP contribution in [0.2, 0.25) is 0 Å². The van der Waals surface area contributed by atoms with Gasteiger partial charge in [-0.15, -0.1) is 0 Å². The fourth-order valence-electron chi connectivity index (χ4n) is 2.54. The number of fused-ring (bicyclic) bond motifs is 1. The molecule has 2 amide bonds. The van der Waals surface area contributed by atoms with Gasteiger partial charge < -0.3 is 15.0 Å². The van der Waals surface area contributed by atoms with Crippen LogP contribution in [-0.2, 0) is 16.1 Å². The Hall–Kier alpha value is -2.89. The van der Waals surface area contributed by atoms with Crippen LogP contribution in [0, 0.1) is 11.7 Å². The van der Waals surface area contributed by atoms with Crippen LogP contribution in [0.1, 0.15) is 19.4 Å². The number of carbonyl (C=O) groups is 2. The number of anilines is 2. The summed E-state index contributed by atoms with van der Waals surface area (Å²) in [6, 6.07) is 11.4. The van der Waals surface area contributed by atoms with Crippen LogP contribution >= 0.6 is 0 Å². The largest absolute Gasteiger partial charge is 0.482 e. The quantitative estimate of drug-likeness (QED) is 0.927. The van der Waals surface area contributed by atoms with Gasteiger partial charge in [0.25, 0.3) is 5.91 Å². The van der Waals surface area contributed by atoms with Gasteiger partial charge in [0.15, 0.2) is 6.61 Å². The molecule has 0 aliphatic carbocycles. The normalized spacial score (nSPS) is 13.4. The molecule has 130 valence electrons. The minimum absolute atomic E-state index is 0.0981. The second-order valence-electron chi connectivity index (χ2n) is 6.19. The molecule has 2 aromatic carbocycles. The lowest BCUT2D eigenvalue weighted by Gasteiger charge is -2.30. The third-order valence-corrected chi connectivity index (χ3v) is 3.98. The summed E-state index contributed by atoms with van der Waals surface area (Å²) in [5.41, 5.74) is 1.50. The van der Waals surface area contributed by atoms with E-state index in [1.165, 1.54) is 11.0 Å². The lowest BCUT2D eigenvalue weighted by atomic mass is 10.1. The van der Waals surface area contributed by atoms with E-state index in [0.29, 0.717) is 22.7 Å². The molecule has 1 aliphatic rings. The lowest BCUT2D eigenvalue weighted by molar-refractivity contribution is -0.121. The summed E-state index contributed by atoms with van der Waals surface area (Å²) in [5.74, 6) is -0.388. The highest BCUT2D eigenvalue weighted by Gasteiger charge is 2.27. The zero-order chi connectivity index (χ0) is 18.0. The molecule has 0 atom stereocenters. The summed E-state index contributed by atoms with van der Waals surface area (Å²) in [6.45, 7) is 3.60. The predicted molar refractivity (Wildman–Crippen MR) is 93.0 cm³/mol. The van der Waals surface area contributed by atoms with Gasteiger partial charge in [0.2, 0.25) is 5.91 Å². The maximum Gasteiger partial charge on any atom is 0.265 e.